The van der Waals surface area contributed by atoms with Gasteiger partial charge in [0.05, 0.1) is 11.0 Å². The first-order chi connectivity index (χ1) is 17.9. The highest BCUT2D eigenvalue weighted by Crippen LogP contribution is 2.28. The van der Waals surface area contributed by atoms with Crippen molar-refractivity contribution in [2.45, 2.75) is 59.3 Å². The minimum absolute atomic E-state index is 0.381. The molecule has 3 aromatic carbocycles. The number of fused-ring (bicyclic) bond motifs is 1. The van der Waals surface area contributed by atoms with Crippen molar-refractivity contribution in [3.63, 3.8) is 0 Å². The molecule has 198 valence electrons. The zero-order valence-electron chi connectivity index (χ0n) is 22.5. The van der Waals surface area contributed by atoms with Gasteiger partial charge < -0.3 is 23.5 Å². The van der Waals surface area contributed by atoms with Crippen LogP contribution in [-0.4, -0.2) is 33.1 Å². The Labute approximate surface area is 222 Å². The Morgan fingerprint density at radius 1 is 0.711 bits per heavy atom. The van der Waals surface area contributed by atoms with Crippen molar-refractivity contribution in [3.8, 4) is 22.9 Å². The normalized spacial score (nSPS) is 11.7. The van der Waals surface area contributed by atoms with Gasteiger partial charge in [-0.15, -0.1) is 0 Å². The van der Waals surface area contributed by atoms with Crippen LogP contribution in [0.5, 0.6) is 11.5 Å². The molecule has 0 aliphatic heterocycles. The molecule has 8 heteroatoms. The molecule has 4 rings (SSSR count). The second kappa shape index (κ2) is 10.6. The highest BCUT2D eigenvalue weighted by atomic mass is 16.7. The number of hydrogen-bond donors (Lipinski definition) is 0. The van der Waals surface area contributed by atoms with Crippen molar-refractivity contribution in [2.24, 2.45) is 0 Å². The van der Waals surface area contributed by atoms with E-state index in [-0.39, 0.29) is 0 Å². The molecule has 0 unspecified atom stereocenters. The number of ether oxygens (including phenoxy) is 4. The van der Waals surface area contributed by atoms with Crippen molar-refractivity contribution in [3.05, 3.63) is 78.4 Å². The average molecular weight is 517 g/mol. The number of aromatic nitrogens is 2. The van der Waals surface area contributed by atoms with E-state index in [1.54, 1.807) is 65.8 Å². The summed E-state index contributed by atoms with van der Waals surface area (Å²) >= 11 is 0. The molecular formula is C30H32N2O6. The lowest BCUT2D eigenvalue weighted by atomic mass is 10.1. The molecule has 0 fully saturated rings. The maximum atomic E-state index is 12.0. The van der Waals surface area contributed by atoms with Gasteiger partial charge in [0, 0.05) is 12.1 Å². The summed E-state index contributed by atoms with van der Waals surface area (Å²) in [6.45, 7) is 11.2. The molecule has 0 saturated heterocycles. The van der Waals surface area contributed by atoms with Crippen LogP contribution in [0.25, 0.3) is 22.4 Å². The predicted molar refractivity (Wildman–Crippen MR) is 144 cm³/mol. The number of imidazole rings is 1. The second-order valence-corrected chi connectivity index (χ2v) is 10.8. The standard InChI is InChI=1S/C30H32N2O6/c1-29(2,3)37-27(33)35-22-15-11-20(12-16-22)19-32-25-10-8-7-9-24(25)31-26(32)21-13-17-23(18-14-21)36-28(34)38-30(4,5)6/h7-18H,19H2,1-6H3. The zero-order valence-corrected chi connectivity index (χ0v) is 22.5. The zero-order chi connectivity index (χ0) is 27.5. The van der Waals surface area contributed by atoms with E-state index in [0.29, 0.717) is 18.0 Å². The van der Waals surface area contributed by atoms with Crippen LogP contribution in [0.15, 0.2) is 72.8 Å². The third-order valence-corrected chi connectivity index (χ3v) is 5.21. The molecule has 0 spiro atoms. The fraction of sp³-hybridized carbons (Fsp3) is 0.300. The van der Waals surface area contributed by atoms with Crippen molar-refractivity contribution >= 4 is 23.3 Å². The molecule has 0 atom stereocenters. The van der Waals surface area contributed by atoms with Gasteiger partial charge in [-0.3, -0.25) is 0 Å². The summed E-state index contributed by atoms with van der Waals surface area (Å²) in [5, 5.41) is 0. The quantitative estimate of drug-likeness (QED) is 0.202. The van der Waals surface area contributed by atoms with Gasteiger partial charge in [0.15, 0.2) is 0 Å². The average Bonchev–Trinajstić information content (AvgIpc) is 3.17. The number of benzene rings is 3. The Hall–Kier alpha value is -4.33. The third kappa shape index (κ3) is 7.12. The van der Waals surface area contributed by atoms with Crippen molar-refractivity contribution in [1.82, 2.24) is 9.55 Å². The number of rotatable bonds is 5. The molecule has 0 amide bonds. The van der Waals surface area contributed by atoms with Crippen LogP contribution in [0.1, 0.15) is 47.1 Å². The molecular weight excluding hydrogens is 484 g/mol. The largest absolute Gasteiger partial charge is 0.514 e. The molecule has 0 radical (unpaired) electrons. The minimum atomic E-state index is -0.753. The van der Waals surface area contributed by atoms with Gasteiger partial charge in [0.25, 0.3) is 0 Å². The van der Waals surface area contributed by atoms with Crippen LogP contribution in [-0.2, 0) is 16.0 Å². The monoisotopic (exact) mass is 516 g/mol. The van der Waals surface area contributed by atoms with Crippen LogP contribution >= 0.6 is 0 Å². The number of carbonyl (C=O) groups is 2. The Bertz CT molecular complexity index is 1430. The molecule has 1 aromatic heterocycles. The summed E-state index contributed by atoms with van der Waals surface area (Å²) in [6, 6.07) is 22.3. The Balaban J connectivity index is 1.55. The number of nitrogens with zero attached hydrogens (tertiary/aromatic N) is 2. The molecule has 4 aromatic rings. The van der Waals surface area contributed by atoms with E-state index >= 15 is 0 Å². The van der Waals surface area contributed by atoms with Gasteiger partial charge in [0.2, 0.25) is 0 Å². The first-order valence-corrected chi connectivity index (χ1v) is 12.3. The lowest BCUT2D eigenvalue weighted by Gasteiger charge is -2.18. The summed E-state index contributed by atoms with van der Waals surface area (Å²) in [4.78, 5) is 28.8. The van der Waals surface area contributed by atoms with Crippen molar-refractivity contribution < 1.29 is 28.5 Å². The van der Waals surface area contributed by atoms with E-state index in [9.17, 15) is 9.59 Å². The fourth-order valence-electron chi connectivity index (χ4n) is 3.71. The predicted octanol–water partition coefficient (Wildman–Crippen LogP) is 7.38. The van der Waals surface area contributed by atoms with E-state index < -0.39 is 23.5 Å². The van der Waals surface area contributed by atoms with E-state index in [0.717, 1.165) is 28.0 Å². The van der Waals surface area contributed by atoms with E-state index in [1.807, 2.05) is 48.5 Å². The molecule has 1 heterocycles. The highest BCUT2D eigenvalue weighted by molar-refractivity contribution is 5.81. The molecule has 0 bridgehead atoms. The molecule has 0 saturated carbocycles. The lowest BCUT2D eigenvalue weighted by molar-refractivity contribution is 0.0193. The lowest BCUT2D eigenvalue weighted by Crippen LogP contribution is -2.25. The number of carbonyl (C=O) groups excluding carboxylic acids is 2. The van der Waals surface area contributed by atoms with Crippen LogP contribution in [0.2, 0.25) is 0 Å². The van der Waals surface area contributed by atoms with Crippen molar-refractivity contribution in [2.75, 3.05) is 0 Å². The summed E-state index contributed by atoms with van der Waals surface area (Å²) in [5.74, 6) is 1.55. The van der Waals surface area contributed by atoms with Crippen molar-refractivity contribution in [1.29, 1.82) is 0 Å². The molecule has 0 aliphatic rings. The van der Waals surface area contributed by atoms with Gasteiger partial charge in [-0.05, 0) is 95.6 Å². The minimum Gasteiger partial charge on any atom is -0.428 e. The number of hydrogen-bond acceptors (Lipinski definition) is 7. The summed E-state index contributed by atoms with van der Waals surface area (Å²) in [5.41, 5.74) is 2.43. The van der Waals surface area contributed by atoms with Gasteiger partial charge in [-0.1, -0.05) is 24.3 Å². The fourth-order valence-corrected chi connectivity index (χ4v) is 3.71. The topological polar surface area (TPSA) is 88.9 Å². The summed E-state index contributed by atoms with van der Waals surface area (Å²) in [7, 11) is 0. The van der Waals surface area contributed by atoms with Crippen LogP contribution in [0, 0.1) is 0 Å². The smallest absolute Gasteiger partial charge is 0.428 e. The first kappa shape index (κ1) is 26.7. The Morgan fingerprint density at radius 3 is 1.74 bits per heavy atom. The van der Waals surface area contributed by atoms with Crippen LogP contribution in [0.4, 0.5) is 9.59 Å². The molecule has 38 heavy (non-hydrogen) atoms. The van der Waals surface area contributed by atoms with Gasteiger partial charge >= 0.3 is 12.3 Å². The van der Waals surface area contributed by atoms with Crippen LogP contribution < -0.4 is 9.47 Å². The van der Waals surface area contributed by atoms with E-state index in [1.165, 1.54) is 0 Å². The SMILES string of the molecule is CC(C)(C)OC(=O)Oc1ccc(Cn2c(-c3ccc(OC(=O)OC(C)(C)C)cc3)nc3ccccc32)cc1. The Morgan fingerprint density at radius 2 is 1.21 bits per heavy atom. The first-order valence-electron chi connectivity index (χ1n) is 12.3. The highest BCUT2D eigenvalue weighted by Gasteiger charge is 2.20. The second-order valence-electron chi connectivity index (χ2n) is 10.8. The maximum absolute atomic E-state index is 12.0. The Kier molecular flexibility index (Phi) is 7.44. The third-order valence-electron chi connectivity index (χ3n) is 5.21. The van der Waals surface area contributed by atoms with E-state index in [2.05, 4.69) is 4.57 Å². The molecule has 0 aliphatic carbocycles. The molecule has 0 N–H and O–H groups in total. The van der Waals surface area contributed by atoms with E-state index in [4.69, 9.17) is 23.9 Å². The summed E-state index contributed by atoms with van der Waals surface area (Å²) < 4.78 is 23.1. The molecule has 8 nitrogen and oxygen atoms in total. The van der Waals surface area contributed by atoms with Gasteiger partial charge in [0.1, 0.15) is 28.5 Å². The maximum Gasteiger partial charge on any atom is 0.514 e. The number of para-hydroxylation sites is 2. The van der Waals surface area contributed by atoms with Gasteiger partial charge in [-0.25, -0.2) is 14.6 Å². The van der Waals surface area contributed by atoms with Gasteiger partial charge in [-0.2, -0.15) is 0 Å². The summed E-state index contributed by atoms with van der Waals surface area (Å²) in [6.07, 6.45) is -1.50. The van der Waals surface area contributed by atoms with Crippen LogP contribution in [0.3, 0.4) is 0 Å².